The average Bonchev–Trinajstić information content (AvgIpc) is 2.39. The van der Waals surface area contributed by atoms with Crippen molar-refractivity contribution < 1.29 is 14.7 Å². The Bertz CT molecular complexity index is 646. The van der Waals surface area contributed by atoms with E-state index in [9.17, 15) is 9.59 Å². The summed E-state index contributed by atoms with van der Waals surface area (Å²) >= 11 is 3.16. The van der Waals surface area contributed by atoms with Gasteiger partial charge in [0.1, 0.15) is 10.4 Å². The minimum absolute atomic E-state index is 0.0567. The Morgan fingerprint density at radius 3 is 2.47 bits per heavy atom. The summed E-state index contributed by atoms with van der Waals surface area (Å²) < 4.78 is 0.535. The van der Waals surface area contributed by atoms with E-state index in [1.165, 1.54) is 24.5 Å². The molecule has 0 unspecified atom stereocenters. The summed E-state index contributed by atoms with van der Waals surface area (Å²) in [6, 6.07) is 5.73. The van der Waals surface area contributed by atoms with Gasteiger partial charge in [-0.25, -0.2) is 14.8 Å². The number of aromatic nitrogens is 2. The molecule has 0 aromatic carbocycles. The number of pyridine rings is 2. The van der Waals surface area contributed by atoms with Gasteiger partial charge in [-0.1, -0.05) is 0 Å². The van der Waals surface area contributed by atoms with E-state index < -0.39 is 11.9 Å². The normalized spacial score (nSPS) is 9.95. The maximum Gasteiger partial charge on any atom is 0.335 e. The van der Waals surface area contributed by atoms with Crippen molar-refractivity contribution in [3.05, 3.63) is 52.4 Å². The van der Waals surface area contributed by atoms with E-state index in [2.05, 4.69) is 31.2 Å². The molecule has 2 rings (SSSR count). The summed E-state index contributed by atoms with van der Waals surface area (Å²) in [5.41, 5.74) is 0.450. The Balaban J connectivity index is 2.19. The van der Waals surface area contributed by atoms with Crippen LogP contribution in [0.4, 0.5) is 5.82 Å². The van der Waals surface area contributed by atoms with Crippen molar-refractivity contribution >= 4 is 33.6 Å². The molecule has 0 aliphatic heterocycles. The van der Waals surface area contributed by atoms with Crippen LogP contribution in [0.25, 0.3) is 0 Å². The van der Waals surface area contributed by atoms with Gasteiger partial charge in [0.15, 0.2) is 0 Å². The van der Waals surface area contributed by atoms with Crippen molar-refractivity contribution in [3.63, 3.8) is 0 Å². The van der Waals surface area contributed by atoms with E-state index in [0.29, 0.717) is 10.2 Å². The molecule has 0 fully saturated rings. The van der Waals surface area contributed by atoms with Crippen molar-refractivity contribution in [2.45, 2.75) is 0 Å². The molecule has 2 aromatic rings. The number of anilines is 1. The molecule has 2 heterocycles. The topological polar surface area (TPSA) is 92.2 Å². The number of nitrogens with zero attached hydrogens (tertiary/aromatic N) is 2. The summed E-state index contributed by atoms with van der Waals surface area (Å²) in [6.45, 7) is 0. The second-order valence-electron chi connectivity index (χ2n) is 3.56. The van der Waals surface area contributed by atoms with Crippen LogP contribution < -0.4 is 5.32 Å². The molecule has 0 aliphatic rings. The largest absolute Gasteiger partial charge is 0.478 e. The first-order valence-corrected chi connectivity index (χ1v) is 5.98. The molecule has 96 valence electrons. The van der Waals surface area contributed by atoms with Crippen LogP contribution in [-0.4, -0.2) is 27.0 Å². The molecule has 7 heteroatoms. The van der Waals surface area contributed by atoms with E-state index >= 15 is 0 Å². The van der Waals surface area contributed by atoms with Crippen LogP contribution in [0.15, 0.2) is 41.3 Å². The highest BCUT2D eigenvalue weighted by molar-refractivity contribution is 9.10. The first kappa shape index (κ1) is 13.2. The lowest BCUT2D eigenvalue weighted by Gasteiger charge is -2.05. The average molecular weight is 322 g/mol. The third-order valence-electron chi connectivity index (χ3n) is 2.24. The quantitative estimate of drug-likeness (QED) is 0.845. The Morgan fingerprint density at radius 2 is 1.79 bits per heavy atom. The Morgan fingerprint density at radius 1 is 1.11 bits per heavy atom. The number of carbonyl (C=O) groups excluding carboxylic acids is 1. The van der Waals surface area contributed by atoms with Gasteiger partial charge in [-0.15, -0.1) is 0 Å². The SMILES string of the molecule is O=C(O)c1ccnc(NC(=O)c2ccnc(Br)c2)c1. The molecule has 0 atom stereocenters. The molecule has 19 heavy (non-hydrogen) atoms. The van der Waals surface area contributed by atoms with Gasteiger partial charge >= 0.3 is 5.97 Å². The summed E-state index contributed by atoms with van der Waals surface area (Å²) in [4.78, 5) is 30.5. The van der Waals surface area contributed by atoms with E-state index in [0.717, 1.165) is 0 Å². The van der Waals surface area contributed by atoms with E-state index in [1.54, 1.807) is 12.1 Å². The number of rotatable bonds is 3. The molecule has 6 nitrogen and oxygen atoms in total. The third kappa shape index (κ3) is 3.35. The van der Waals surface area contributed by atoms with Crippen molar-refractivity contribution in [1.82, 2.24) is 9.97 Å². The first-order valence-electron chi connectivity index (χ1n) is 5.18. The second-order valence-corrected chi connectivity index (χ2v) is 4.37. The Kier molecular flexibility index (Phi) is 3.86. The number of aromatic carboxylic acids is 1. The Labute approximate surface area is 116 Å². The zero-order chi connectivity index (χ0) is 13.8. The van der Waals surface area contributed by atoms with Crippen molar-refractivity contribution in [2.75, 3.05) is 5.32 Å². The fourth-order valence-corrected chi connectivity index (χ4v) is 1.73. The van der Waals surface area contributed by atoms with Crippen LogP contribution >= 0.6 is 15.9 Å². The molecule has 0 spiro atoms. The number of amides is 1. The van der Waals surface area contributed by atoms with Crippen LogP contribution in [0.1, 0.15) is 20.7 Å². The highest BCUT2D eigenvalue weighted by atomic mass is 79.9. The van der Waals surface area contributed by atoms with Gasteiger partial charge in [0.25, 0.3) is 5.91 Å². The van der Waals surface area contributed by atoms with E-state index in [4.69, 9.17) is 5.11 Å². The standard InChI is InChI=1S/C12H8BrN3O3/c13-9-5-7(1-3-14-9)11(17)16-10-6-8(12(18)19)2-4-15-10/h1-6H,(H,18,19)(H,15,16,17). The number of hydrogen-bond donors (Lipinski definition) is 2. The zero-order valence-corrected chi connectivity index (χ0v) is 11.1. The van der Waals surface area contributed by atoms with Gasteiger partial charge in [0, 0.05) is 18.0 Å². The van der Waals surface area contributed by atoms with Crippen LogP contribution in [0.3, 0.4) is 0 Å². The zero-order valence-electron chi connectivity index (χ0n) is 9.50. The molecule has 2 aromatic heterocycles. The first-order chi connectivity index (χ1) is 9.06. The molecular formula is C12H8BrN3O3. The van der Waals surface area contributed by atoms with E-state index in [1.807, 2.05) is 0 Å². The molecular weight excluding hydrogens is 314 g/mol. The molecule has 1 amide bonds. The second kappa shape index (κ2) is 5.57. The predicted molar refractivity (Wildman–Crippen MR) is 71.1 cm³/mol. The molecule has 0 aliphatic carbocycles. The van der Waals surface area contributed by atoms with Gasteiger partial charge in [-0.05, 0) is 40.2 Å². The predicted octanol–water partition coefficient (Wildman–Crippen LogP) is 2.19. The van der Waals surface area contributed by atoms with Crippen LogP contribution in [0.2, 0.25) is 0 Å². The van der Waals surface area contributed by atoms with Crippen molar-refractivity contribution in [1.29, 1.82) is 0 Å². The van der Waals surface area contributed by atoms with Gasteiger partial charge < -0.3 is 10.4 Å². The van der Waals surface area contributed by atoms with Crippen molar-refractivity contribution in [2.24, 2.45) is 0 Å². The van der Waals surface area contributed by atoms with Gasteiger partial charge in [-0.2, -0.15) is 0 Å². The number of carbonyl (C=O) groups is 2. The summed E-state index contributed by atoms with van der Waals surface area (Å²) in [6.07, 6.45) is 2.81. The summed E-state index contributed by atoms with van der Waals surface area (Å²) in [5.74, 6) is -1.29. The lowest BCUT2D eigenvalue weighted by molar-refractivity contribution is 0.0696. The molecule has 0 saturated heterocycles. The molecule has 0 bridgehead atoms. The minimum Gasteiger partial charge on any atom is -0.478 e. The van der Waals surface area contributed by atoms with Gasteiger partial charge in [0.05, 0.1) is 5.56 Å². The maximum absolute atomic E-state index is 11.9. The number of hydrogen-bond acceptors (Lipinski definition) is 4. The number of halogens is 1. The van der Waals surface area contributed by atoms with Crippen LogP contribution in [-0.2, 0) is 0 Å². The number of carboxylic acid groups (broad SMARTS) is 1. The highest BCUT2D eigenvalue weighted by Crippen LogP contribution is 2.11. The smallest absolute Gasteiger partial charge is 0.335 e. The van der Waals surface area contributed by atoms with Gasteiger partial charge in [0.2, 0.25) is 0 Å². The number of carboxylic acids is 1. The van der Waals surface area contributed by atoms with Crippen LogP contribution in [0.5, 0.6) is 0 Å². The van der Waals surface area contributed by atoms with E-state index in [-0.39, 0.29) is 11.4 Å². The lowest BCUT2D eigenvalue weighted by atomic mass is 10.2. The lowest BCUT2D eigenvalue weighted by Crippen LogP contribution is -2.13. The molecule has 2 N–H and O–H groups in total. The number of nitrogens with one attached hydrogen (secondary N) is 1. The molecule has 0 radical (unpaired) electrons. The van der Waals surface area contributed by atoms with Crippen LogP contribution in [0, 0.1) is 0 Å². The Hall–Kier alpha value is -2.28. The summed E-state index contributed by atoms with van der Waals surface area (Å²) in [5, 5.41) is 11.4. The third-order valence-corrected chi connectivity index (χ3v) is 2.67. The fourth-order valence-electron chi connectivity index (χ4n) is 1.36. The minimum atomic E-state index is -1.08. The van der Waals surface area contributed by atoms with Crippen molar-refractivity contribution in [3.8, 4) is 0 Å². The maximum atomic E-state index is 11.9. The molecule has 0 saturated carbocycles. The highest BCUT2D eigenvalue weighted by Gasteiger charge is 2.09. The van der Waals surface area contributed by atoms with Gasteiger partial charge in [-0.3, -0.25) is 4.79 Å². The fraction of sp³-hybridized carbons (Fsp3) is 0. The summed E-state index contributed by atoms with van der Waals surface area (Å²) in [7, 11) is 0. The monoisotopic (exact) mass is 321 g/mol.